The molecule has 0 aromatic heterocycles. The average molecular weight is 378 g/mol. The summed E-state index contributed by atoms with van der Waals surface area (Å²) in [6.45, 7) is 0. The van der Waals surface area contributed by atoms with Gasteiger partial charge in [-0.25, -0.2) is 0 Å². The van der Waals surface area contributed by atoms with Crippen molar-refractivity contribution in [2.75, 3.05) is 12.0 Å². The Morgan fingerprint density at radius 1 is 1.29 bits per heavy atom. The molecular formula is C17H12ClNO3S2. The van der Waals surface area contributed by atoms with Crippen LogP contribution in [0.2, 0.25) is 5.02 Å². The normalized spacial score (nSPS) is 16.1. The number of thiocarbonyl (C=S) groups is 1. The minimum atomic E-state index is -0.255. The molecule has 4 nitrogen and oxygen atoms in total. The monoisotopic (exact) mass is 377 g/mol. The lowest BCUT2D eigenvalue weighted by molar-refractivity contribution is -0.113. The summed E-state index contributed by atoms with van der Waals surface area (Å²) in [5.41, 5.74) is 1.10. The van der Waals surface area contributed by atoms with E-state index in [4.69, 9.17) is 28.6 Å². The number of aromatic hydroxyl groups is 1. The summed E-state index contributed by atoms with van der Waals surface area (Å²) in [6.07, 6.45) is 1.60. The third-order valence-corrected chi connectivity index (χ3v) is 4.92. The Morgan fingerprint density at radius 3 is 2.79 bits per heavy atom. The summed E-state index contributed by atoms with van der Waals surface area (Å²) in [5, 5.41) is 10.5. The largest absolute Gasteiger partial charge is 0.507 e. The number of hydrogen-bond acceptors (Lipinski definition) is 5. The molecular weight excluding hydrogens is 366 g/mol. The summed E-state index contributed by atoms with van der Waals surface area (Å²) >= 11 is 12.5. The third kappa shape index (κ3) is 3.26. The highest BCUT2D eigenvalue weighted by atomic mass is 35.5. The van der Waals surface area contributed by atoms with E-state index in [0.29, 0.717) is 31.2 Å². The number of thioether (sulfide) groups is 1. The maximum atomic E-state index is 12.7. The van der Waals surface area contributed by atoms with Gasteiger partial charge in [-0.2, -0.15) is 0 Å². The van der Waals surface area contributed by atoms with E-state index >= 15 is 0 Å². The number of benzene rings is 2. The van der Waals surface area contributed by atoms with E-state index in [1.807, 2.05) is 0 Å². The van der Waals surface area contributed by atoms with Crippen LogP contribution in [-0.4, -0.2) is 22.4 Å². The van der Waals surface area contributed by atoms with Gasteiger partial charge in [0.1, 0.15) is 11.5 Å². The number of phenols is 1. The molecule has 1 N–H and O–H groups in total. The molecule has 0 radical (unpaired) electrons. The molecule has 1 aliphatic heterocycles. The van der Waals surface area contributed by atoms with Gasteiger partial charge in [0.05, 0.1) is 17.7 Å². The van der Waals surface area contributed by atoms with Crippen LogP contribution in [0.5, 0.6) is 11.5 Å². The third-order valence-electron chi connectivity index (χ3n) is 3.38. The Kier molecular flexibility index (Phi) is 4.80. The van der Waals surface area contributed by atoms with Gasteiger partial charge in [-0.15, -0.1) is 0 Å². The molecule has 2 aromatic rings. The number of halogens is 1. The lowest BCUT2D eigenvalue weighted by Gasteiger charge is -2.14. The molecule has 1 fully saturated rings. The first kappa shape index (κ1) is 16.8. The van der Waals surface area contributed by atoms with Crippen LogP contribution in [0.15, 0.2) is 47.4 Å². The van der Waals surface area contributed by atoms with Crippen LogP contribution in [-0.2, 0) is 4.79 Å². The fraction of sp³-hybridized carbons (Fsp3) is 0.0588. The molecule has 0 aliphatic carbocycles. The summed E-state index contributed by atoms with van der Waals surface area (Å²) in [4.78, 5) is 14.5. The quantitative estimate of drug-likeness (QED) is 0.632. The number of methoxy groups -OCH3 is 1. The zero-order valence-corrected chi connectivity index (χ0v) is 14.9. The fourth-order valence-electron chi connectivity index (χ4n) is 2.22. The van der Waals surface area contributed by atoms with Crippen molar-refractivity contribution in [1.29, 1.82) is 0 Å². The topological polar surface area (TPSA) is 49.8 Å². The van der Waals surface area contributed by atoms with Gasteiger partial charge in [0, 0.05) is 10.6 Å². The number of hydrogen-bond donors (Lipinski definition) is 1. The van der Waals surface area contributed by atoms with E-state index in [1.54, 1.807) is 42.5 Å². The lowest BCUT2D eigenvalue weighted by Crippen LogP contribution is -2.27. The molecule has 0 atom stereocenters. The summed E-state index contributed by atoms with van der Waals surface area (Å²) in [6, 6.07) is 11.7. The van der Waals surface area contributed by atoms with Crippen LogP contribution < -0.4 is 9.64 Å². The molecule has 1 aliphatic rings. The Bertz CT molecular complexity index is 867. The van der Waals surface area contributed by atoms with Crippen molar-refractivity contribution in [3.63, 3.8) is 0 Å². The van der Waals surface area contributed by atoms with Crippen LogP contribution in [0, 0.1) is 0 Å². The minimum Gasteiger partial charge on any atom is -0.507 e. The van der Waals surface area contributed by atoms with E-state index in [0.717, 1.165) is 0 Å². The van der Waals surface area contributed by atoms with Gasteiger partial charge in [-0.05, 0) is 42.5 Å². The molecule has 1 amide bonds. The second kappa shape index (κ2) is 6.84. The van der Waals surface area contributed by atoms with Gasteiger partial charge in [0.2, 0.25) is 0 Å². The van der Waals surface area contributed by atoms with E-state index in [2.05, 4.69) is 0 Å². The molecule has 1 saturated heterocycles. The van der Waals surface area contributed by atoms with Crippen molar-refractivity contribution in [2.45, 2.75) is 0 Å². The van der Waals surface area contributed by atoms with Crippen molar-refractivity contribution in [3.8, 4) is 11.5 Å². The number of nitrogens with zero attached hydrogens (tertiary/aromatic N) is 1. The first-order valence-corrected chi connectivity index (χ1v) is 8.50. The first-order chi connectivity index (χ1) is 11.5. The van der Waals surface area contributed by atoms with Gasteiger partial charge in [-0.3, -0.25) is 9.69 Å². The molecule has 24 heavy (non-hydrogen) atoms. The molecule has 3 rings (SSSR count). The molecule has 1 heterocycles. The Labute approximate surface area is 153 Å². The molecule has 0 unspecified atom stereocenters. The van der Waals surface area contributed by atoms with Crippen molar-refractivity contribution < 1.29 is 14.6 Å². The summed E-state index contributed by atoms with van der Waals surface area (Å²) < 4.78 is 5.56. The smallest absolute Gasteiger partial charge is 0.270 e. The van der Waals surface area contributed by atoms with Gasteiger partial charge in [-0.1, -0.05) is 41.6 Å². The lowest BCUT2D eigenvalue weighted by atomic mass is 10.1. The molecule has 7 heteroatoms. The zero-order valence-electron chi connectivity index (χ0n) is 12.5. The predicted octanol–water partition coefficient (Wildman–Crippen LogP) is 4.46. The highest BCUT2D eigenvalue weighted by Crippen LogP contribution is 2.38. The Hall–Kier alpha value is -2.02. The average Bonchev–Trinajstić information content (AvgIpc) is 2.83. The predicted molar refractivity (Wildman–Crippen MR) is 102 cm³/mol. The van der Waals surface area contributed by atoms with Crippen LogP contribution >= 0.6 is 35.6 Å². The maximum absolute atomic E-state index is 12.7. The van der Waals surface area contributed by atoms with Crippen LogP contribution in [0.25, 0.3) is 6.08 Å². The second-order valence-electron chi connectivity index (χ2n) is 4.92. The van der Waals surface area contributed by atoms with Crippen LogP contribution in [0.3, 0.4) is 0 Å². The Morgan fingerprint density at radius 2 is 2.08 bits per heavy atom. The number of phenolic OH excluding ortho intramolecular Hbond substituents is 1. The van der Waals surface area contributed by atoms with E-state index < -0.39 is 0 Å². The number of ether oxygens (including phenoxy) is 1. The molecule has 0 spiro atoms. The van der Waals surface area contributed by atoms with E-state index in [1.165, 1.54) is 29.8 Å². The molecule has 0 saturated carbocycles. The summed E-state index contributed by atoms with van der Waals surface area (Å²) in [7, 11) is 1.54. The first-order valence-electron chi connectivity index (χ1n) is 6.90. The standard InChI is InChI=1S/C17H12ClNO3S2/c1-22-13-5-6-14(20)10(7-13)8-15-16(21)19(17(23)24-15)12-4-2-3-11(18)9-12/h2-9,20H,1H3. The number of carbonyl (C=O) groups is 1. The highest BCUT2D eigenvalue weighted by Gasteiger charge is 2.33. The van der Waals surface area contributed by atoms with Gasteiger partial charge in [0.25, 0.3) is 5.91 Å². The van der Waals surface area contributed by atoms with Gasteiger partial charge in [0.15, 0.2) is 4.32 Å². The highest BCUT2D eigenvalue weighted by molar-refractivity contribution is 8.27. The van der Waals surface area contributed by atoms with E-state index in [-0.39, 0.29) is 11.7 Å². The number of carbonyl (C=O) groups excluding carboxylic acids is 1. The fourth-order valence-corrected chi connectivity index (χ4v) is 3.70. The van der Waals surface area contributed by atoms with Crippen LogP contribution in [0.4, 0.5) is 5.69 Å². The van der Waals surface area contributed by atoms with Crippen molar-refractivity contribution in [2.24, 2.45) is 0 Å². The number of anilines is 1. The number of rotatable bonds is 3. The summed E-state index contributed by atoms with van der Waals surface area (Å²) in [5.74, 6) is 0.391. The van der Waals surface area contributed by atoms with Gasteiger partial charge < -0.3 is 9.84 Å². The Balaban J connectivity index is 1.97. The van der Waals surface area contributed by atoms with Crippen LogP contribution in [0.1, 0.15) is 5.56 Å². The SMILES string of the molecule is COc1ccc(O)c(C=C2SC(=S)N(c3cccc(Cl)c3)C2=O)c1. The van der Waals surface area contributed by atoms with Crippen molar-refractivity contribution >= 4 is 57.6 Å². The van der Waals surface area contributed by atoms with Crippen molar-refractivity contribution in [3.05, 3.63) is 58.0 Å². The molecule has 2 aromatic carbocycles. The molecule has 0 bridgehead atoms. The number of amides is 1. The zero-order chi connectivity index (χ0) is 17.3. The van der Waals surface area contributed by atoms with Crippen molar-refractivity contribution in [1.82, 2.24) is 0 Å². The van der Waals surface area contributed by atoms with Gasteiger partial charge >= 0.3 is 0 Å². The second-order valence-corrected chi connectivity index (χ2v) is 7.03. The molecule has 122 valence electrons. The van der Waals surface area contributed by atoms with E-state index in [9.17, 15) is 9.90 Å². The minimum absolute atomic E-state index is 0.0591. The maximum Gasteiger partial charge on any atom is 0.270 e.